The fourth-order valence-electron chi connectivity index (χ4n) is 3.69. The van der Waals surface area contributed by atoms with E-state index in [4.69, 9.17) is 5.14 Å². The highest BCUT2D eigenvalue weighted by molar-refractivity contribution is 7.97. The second kappa shape index (κ2) is 12.0. The van der Waals surface area contributed by atoms with Crippen LogP contribution in [0.25, 0.3) is 0 Å². The summed E-state index contributed by atoms with van der Waals surface area (Å²) in [6, 6.07) is 10.8. The van der Waals surface area contributed by atoms with Gasteiger partial charge in [-0.05, 0) is 53.8 Å². The smallest absolute Gasteiger partial charge is 0.254 e. The lowest BCUT2D eigenvalue weighted by atomic mass is 10.1. The van der Waals surface area contributed by atoms with Gasteiger partial charge in [0.1, 0.15) is 11.6 Å². The summed E-state index contributed by atoms with van der Waals surface area (Å²) >= 11 is 1.24. The Bertz CT molecular complexity index is 931. The van der Waals surface area contributed by atoms with E-state index < -0.39 is 5.82 Å². The Morgan fingerprint density at radius 1 is 1.22 bits per heavy atom. The van der Waals surface area contributed by atoms with Crippen LogP contribution in [0, 0.1) is 5.82 Å². The third kappa shape index (κ3) is 7.03. The summed E-state index contributed by atoms with van der Waals surface area (Å²) in [5, 5.41) is 19.7. The van der Waals surface area contributed by atoms with Crippen LogP contribution in [0.1, 0.15) is 30.0 Å². The molecule has 7 nitrogen and oxygen atoms in total. The van der Waals surface area contributed by atoms with Crippen molar-refractivity contribution < 1.29 is 14.3 Å². The van der Waals surface area contributed by atoms with E-state index in [1.807, 2.05) is 19.1 Å². The summed E-state index contributed by atoms with van der Waals surface area (Å²) in [6.45, 7) is 6.40. The molecule has 0 saturated carbocycles. The molecule has 1 amide bonds. The highest BCUT2D eigenvalue weighted by Crippen LogP contribution is 2.24. The molecule has 0 radical (unpaired) electrons. The first kappa shape index (κ1) is 24.2. The quantitative estimate of drug-likeness (QED) is 0.303. The highest BCUT2D eigenvalue weighted by atomic mass is 32.2. The van der Waals surface area contributed by atoms with Gasteiger partial charge < -0.3 is 5.11 Å². The van der Waals surface area contributed by atoms with Gasteiger partial charge in [-0.25, -0.2) is 9.82 Å². The van der Waals surface area contributed by atoms with Crippen molar-refractivity contribution in [2.75, 3.05) is 32.7 Å². The van der Waals surface area contributed by atoms with Crippen molar-refractivity contribution in [1.82, 2.24) is 15.2 Å². The van der Waals surface area contributed by atoms with Crippen molar-refractivity contribution in [3.63, 3.8) is 0 Å². The minimum absolute atomic E-state index is 0.00112. The zero-order chi connectivity index (χ0) is 22.9. The number of amides is 1. The standard InChI is InChI=1S/C23H30FN5O2S/c1-2-3-18-12-20(24)13-19(23(18)31)14-26-27-22(30)16-29-10-8-28(9-11-29)15-17-4-6-21(32-25)7-5-17/h4-7,12-14,31H,2-3,8-11,15-16,25H2,1H3,(H,27,30)/b26-14+. The fraction of sp³-hybridized carbons (Fsp3) is 0.391. The topological polar surface area (TPSA) is 94.2 Å². The number of nitrogens with zero attached hydrogens (tertiary/aromatic N) is 3. The molecule has 0 aliphatic carbocycles. The van der Waals surface area contributed by atoms with Crippen LogP contribution < -0.4 is 10.6 Å². The zero-order valence-corrected chi connectivity index (χ0v) is 19.1. The van der Waals surface area contributed by atoms with Crippen LogP contribution in [0.2, 0.25) is 0 Å². The summed E-state index contributed by atoms with van der Waals surface area (Å²) in [5.74, 6) is -0.681. The van der Waals surface area contributed by atoms with Crippen LogP contribution in [-0.2, 0) is 17.8 Å². The maximum Gasteiger partial charge on any atom is 0.254 e. The number of benzene rings is 2. The van der Waals surface area contributed by atoms with Gasteiger partial charge in [0.2, 0.25) is 0 Å². The summed E-state index contributed by atoms with van der Waals surface area (Å²) in [5.41, 5.74) is 4.49. The van der Waals surface area contributed by atoms with Crippen molar-refractivity contribution in [3.05, 3.63) is 58.9 Å². The number of phenols is 1. The van der Waals surface area contributed by atoms with Crippen molar-refractivity contribution in [3.8, 4) is 5.75 Å². The molecule has 9 heteroatoms. The number of halogens is 1. The van der Waals surface area contributed by atoms with Crippen LogP contribution in [0.3, 0.4) is 0 Å². The number of aromatic hydroxyl groups is 1. The second-order valence-electron chi connectivity index (χ2n) is 7.86. The summed E-state index contributed by atoms with van der Waals surface area (Å²) in [4.78, 5) is 17.7. The molecule has 1 aliphatic heterocycles. The SMILES string of the molecule is CCCc1cc(F)cc(/C=N/NC(=O)CN2CCN(Cc3ccc(SN)cc3)CC2)c1O. The summed E-state index contributed by atoms with van der Waals surface area (Å²) in [7, 11) is 0. The molecular weight excluding hydrogens is 429 g/mol. The highest BCUT2D eigenvalue weighted by Gasteiger charge is 2.19. The first-order chi connectivity index (χ1) is 15.5. The van der Waals surface area contributed by atoms with Gasteiger partial charge in [-0.3, -0.25) is 19.7 Å². The Kier molecular flexibility index (Phi) is 9.04. The minimum Gasteiger partial charge on any atom is -0.507 e. The Labute approximate surface area is 192 Å². The Balaban J connectivity index is 1.43. The van der Waals surface area contributed by atoms with Crippen molar-refractivity contribution in [2.24, 2.45) is 10.2 Å². The average molecular weight is 460 g/mol. The first-order valence-corrected chi connectivity index (χ1v) is 11.6. The molecule has 3 rings (SSSR count). The monoisotopic (exact) mass is 459 g/mol. The zero-order valence-electron chi connectivity index (χ0n) is 18.3. The van der Waals surface area contributed by atoms with E-state index in [0.717, 1.165) is 44.0 Å². The predicted molar refractivity (Wildman–Crippen MR) is 126 cm³/mol. The maximum atomic E-state index is 13.8. The average Bonchev–Trinajstić information content (AvgIpc) is 2.79. The molecule has 32 heavy (non-hydrogen) atoms. The Morgan fingerprint density at radius 2 is 1.91 bits per heavy atom. The second-order valence-corrected chi connectivity index (χ2v) is 8.57. The Morgan fingerprint density at radius 3 is 2.56 bits per heavy atom. The number of phenolic OH excluding ortho intramolecular Hbond substituents is 1. The van der Waals surface area contributed by atoms with Gasteiger partial charge in [0.25, 0.3) is 5.91 Å². The lowest BCUT2D eigenvalue weighted by molar-refractivity contribution is -0.122. The van der Waals surface area contributed by atoms with Crippen molar-refractivity contribution in [1.29, 1.82) is 0 Å². The van der Waals surface area contributed by atoms with Crippen LogP contribution in [0.5, 0.6) is 5.75 Å². The van der Waals surface area contributed by atoms with E-state index in [0.29, 0.717) is 12.0 Å². The molecule has 0 atom stereocenters. The summed E-state index contributed by atoms with van der Waals surface area (Å²) < 4.78 is 13.8. The predicted octanol–water partition coefficient (Wildman–Crippen LogP) is 2.72. The number of rotatable bonds is 9. The number of carbonyl (C=O) groups excluding carboxylic acids is 1. The molecule has 1 heterocycles. The largest absolute Gasteiger partial charge is 0.507 e. The molecule has 2 aromatic carbocycles. The van der Waals surface area contributed by atoms with E-state index in [1.54, 1.807) is 0 Å². The van der Waals surface area contributed by atoms with Crippen molar-refractivity contribution >= 4 is 24.1 Å². The number of hydrogen-bond donors (Lipinski definition) is 3. The van der Waals surface area contributed by atoms with Gasteiger partial charge >= 0.3 is 0 Å². The fourth-order valence-corrected chi connectivity index (χ4v) is 3.98. The third-order valence-electron chi connectivity index (χ3n) is 5.39. The lowest BCUT2D eigenvalue weighted by Crippen LogP contribution is -2.48. The van der Waals surface area contributed by atoms with E-state index in [1.165, 1.54) is 35.9 Å². The third-order valence-corrected chi connectivity index (χ3v) is 5.94. The van der Waals surface area contributed by atoms with Gasteiger partial charge in [-0.2, -0.15) is 5.10 Å². The van der Waals surface area contributed by atoms with Crippen molar-refractivity contribution in [2.45, 2.75) is 31.2 Å². The molecule has 1 aliphatic rings. The van der Waals surface area contributed by atoms with E-state index in [2.05, 4.69) is 32.5 Å². The van der Waals surface area contributed by atoms with Gasteiger partial charge in [-0.15, -0.1) is 0 Å². The van der Waals surface area contributed by atoms with Crippen LogP contribution >= 0.6 is 11.9 Å². The number of hydrazone groups is 1. The number of piperazine rings is 1. The van der Waals surface area contributed by atoms with Gasteiger partial charge in [-0.1, -0.05) is 25.5 Å². The molecule has 4 N–H and O–H groups in total. The van der Waals surface area contributed by atoms with Gasteiger partial charge in [0, 0.05) is 43.2 Å². The number of aryl methyl sites for hydroxylation is 1. The van der Waals surface area contributed by atoms with Gasteiger partial charge in [0.05, 0.1) is 12.8 Å². The Hall–Kier alpha value is -2.46. The number of nitrogens with two attached hydrogens (primary N) is 1. The van der Waals surface area contributed by atoms with E-state index in [9.17, 15) is 14.3 Å². The van der Waals surface area contributed by atoms with Crippen LogP contribution in [0.15, 0.2) is 46.4 Å². The summed E-state index contributed by atoms with van der Waals surface area (Å²) in [6.07, 6.45) is 2.64. The normalized spacial score (nSPS) is 15.3. The molecule has 172 valence electrons. The van der Waals surface area contributed by atoms with Gasteiger partial charge in [0.15, 0.2) is 0 Å². The van der Waals surface area contributed by atoms with E-state index >= 15 is 0 Å². The van der Waals surface area contributed by atoms with Crippen LogP contribution in [-0.4, -0.2) is 59.8 Å². The molecule has 0 bridgehead atoms. The molecule has 0 aromatic heterocycles. The van der Waals surface area contributed by atoms with E-state index in [-0.39, 0.29) is 23.8 Å². The maximum absolute atomic E-state index is 13.8. The number of nitrogens with one attached hydrogen (secondary N) is 1. The molecule has 0 spiro atoms. The molecule has 1 saturated heterocycles. The van der Waals surface area contributed by atoms with Crippen LogP contribution in [0.4, 0.5) is 4.39 Å². The molecule has 2 aromatic rings. The number of hydrogen-bond acceptors (Lipinski definition) is 7. The lowest BCUT2D eigenvalue weighted by Gasteiger charge is -2.34. The molecular formula is C23H30FN5O2S. The molecule has 1 fully saturated rings. The number of carbonyl (C=O) groups is 1. The molecule has 0 unspecified atom stereocenters. The minimum atomic E-state index is -0.439. The first-order valence-electron chi connectivity index (χ1n) is 10.7.